The van der Waals surface area contributed by atoms with Crippen molar-refractivity contribution in [3.8, 4) is 0 Å². The van der Waals surface area contributed by atoms with Gasteiger partial charge in [0.1, 0.15) is 5.82 Å². The number of carbonyl (C=O) groups is 2. The van der Waals surface area contributed by atoms with Gasteiger partial charge in [0.25, 0.3) is 11.8 Å². The molecule has 0 heterocycles. The fraction of sp³-hybridized carbons (Fsp3) is 0.263. The van der Waals surface area contributed by atoms with E-state index in [0.717, 1.165) is 0 Å². The SMILES string of the molecule is CCOCCCNC(=O)c1ccccc1NC(=O)c1ccc(F)cc1. The Morgan fingerprint density at radius 3 is 2.48 bits per heavy atom. The highest BCUT2D eigenvalue weighted by molar-refractivity contribution is 6.08. The van der Waals surface area contributed by atoms with Crippen molar-refractivity contribution in [2.75, 3.05) is 25.1 Å². The molecule has 0 aliphatic rings. The van der Waals surface area contributed by atoms with Crippen molar-refractivity contribution in [3.05, 3.63) is 65.5 Å². The molecule has 2 aromatic carbocycles. The van der Waals surface area contributed by atoms with Gasteiger partial charge in [0.2, 0.25) is 0 Å². The number of hydrogen-bond donors (Lipinski definition) is 2. The first-order valence-corrected chi connectivity index (χ1v) is 8.13. The fourth-order valence-electron chi connectivity index (χ4n) is 2.20. The Balaban J connectivity index is 2.00. The van der Waals surface area contributed by atoms with Crippen LogP contribution in [0.5, 0.6) is 0 Å². The van der Waals surface area contributed by atoms with Crippen LogP contribution in [0.25, 0.3) is 0 Å². The predicted molar refractivity (Wildman–Crippen MR) is 94.2 cm³/mol. The van der Waals surface area contributed by atoms with Crippen LogP contribution in [0.4, 0.5) is 10.1 Å². The van der Waals surface area contributed by atoms with E-state index < -0.39 is 11.7 Å². The summed E-state index contributed by atoms with van der Waals surface area (Å²) in [5.41, 5.74) is 1.09. The largest absolute Gasteiger partial charge is 0.382 e. The normalized spacial score (nSPS) is 10.3. The molecule has 0 aliphatic heterocycles. The number of anilines is 1. The van der Waals surface area contributed by atoms with Gasteiger partial charge < -0.3 is 15.4 Å². The zero-order valence-corrected chi connectivity index (χ0v) is 14.0. The van der Waals surface area contributed by atoms with E-state index in [1.807, 2.05) is 6.92 Å². The number of amides is 2. The molecule has 0 spiro atoms. The number of carbonyl (C=O) groups excluding carboxylic acids is 2. The van der Waals surface area contributed by atoms with Crippen LogP contribution in [0.2, 0.25) is 0 Å². The second-order valence-electron chi connectivity index (χ2n) is 5.31. The standard InChI is InChI=1S/C19H21FN2O3/c1-2-25-13-5-12-21-19(24)16-6-3-4-7-17(16)22-18(23)14-8-10-15(20)11-9-14/h3-4,6-11H,2,5,12-13H2,1H3,(H,21,24)(H,22,23). The summed E-state index contributed by atoms with van der Waals surface area (Å²) in [5.74, 6) is -1.09. The van der Waals surface area contributed by atoms with Gasteiger partial charge in [0.05, 0.1) is 11.3 Å². The third kappa shape index (κ3) is 5.69. The lowest BCUT2D eigenvalue weighted by Gasteiger charge is -2.11. The highest BCUT2D eigenvalue weighted by atomic mass is 19.1. The van der Waals surface area contributed by atoms with Crippen LogP contribution in [0.15, 0.2) is 48.5 Å². The van der Waals surface area contributed by atoms with Gasteiger partial charge in [0.15, 0.2) is 0 Å². The van der Waals surface area contributed by atoms with E-state index >= 15 is 0 Å². The Morgan fingerprint density at radius 2 is 1.76 bits per heavy atom. The molecule has 6 heteroatoms. The molecule has 0 unspecified atom stereocenters. The molecule has 0 saturated heterocycles. The maximum atomic E-state index is 12.9. The second kappa shape index (κ2) is 9.54. The second-order valence-corrected chi connectivity index (χ2v) is 5.31. The van der Waals surface area contributed by atoms with E-state index in [-0.39, 0.29) is 5.91 Å². The Morgan fingerprint density at radius 1 is 1.04 bits per heavy atom. The molecule has 5 nitrogen and oxygen atoms in total. The fourth-order valence-corrected chi connectivity index (χ4v) is 2.20. The van der Waals surface area contributed by atoms with Crippen LogP contribution < -0.4 is 10.6 Å². The monoisotopic (exact) mass is 344 g/mol. The van der Waals surface area contributed by atoms with Crippen LogP contribution >= 0.6 is 0 Å². The van der Waals surface area contributed by atoms with Crippen molar-refractivity contribution in [2.45, 2.75) is 13.3 Å². The van der Waals surface area contributed by atoms with Gasteiger partial charge in [-0.15, -0.1) is 0 Å². The maximum absolute atomic E-state index is 12.9. The lowest BCUT2D eigenvalue weighted by molar-refractivity contribution is 0.0945. The van der Waals surface area contributed by atoms with Gasteiger partial charge >= 0.3 is 0 Å². The molecule has 0 aliphatic carbocycles. The first kappa shape index (κ1) is 18.6. The van der Waals surface area contributed by atoms with Gasteiger partial charge in [-0.25, -0.2) is 4.39 Å². The molecule has 2 amide bonds. The molecule has 0 radical (unpaired) electrons. The number of halogens is 1. The van der Waals surface area contributed by atoms with Gasteiger partial charge in [-0.05, 0) is 49.7 Å². The van der Waals surface area contributed by atoms with Crippen molar-refractivity contribution in [1.82, 2.24) is 5.32 Å². The summed E-state index contributed by atoms with van der Waals surface area (Å²) in [7, 11) is 0. The minimum absolute atomic E-state index is 0.272. The number of nitrogens with one attached hydrogen (secondary N) is 2. The topological polar surface area (TPSA) is 67.4 Å². The summed E-state index contributed by atoms with van der Waals surface area (Å²) in [5, 5.41) is 5.49. The highest BCUT2D eigenvalue weighted by Gasteiger charge is 2.13. The average molecular weight is 344 g/mol. The van der Waals surface area contributed by atoms with E-state index in [4.69, 9.17) is 4.74 Å². The molecule has 2 N–H and O–H groups in total. The molecule has 2 aromatic rings. The zero-order valence-electron chi connectivity index (χ0n) is 14.0. The summed E-state index contributed by atoms with van der Waals surface area (Å²) >= 11 is 0. The van der Waals surface area contributed by atoms with Crippen LogP contribution in [0.1, 0.15) is 34.1 Å². The average Bonchev–Trinajstić information content (AvgIpc) is 2.62. The van der Waals surface area contributed by atoms with Gasteiger partial charge in [-0.3, -0.25) is 9.59 Å². The van der Waals surface area contributed by atoms with Crippen LogP contribution in [0, 0.1) is 5.82 Å². The Kier molecular flexibility index (Phi) is 7.10. The summed E-state index contributed by atoms with van der Waals surface area (Å²) < 4.78 is 18.2. The van der Waals surface area contributed by atoms with E-state index in [1.54, 1.807) is 24.3 Å². The Labute approximate surface area is 146 Å². The summed E-state index contributed by atoms with van der Waals surface area (Å²) in [6.07, 6.45) is 0.712. The van der Waals surface area contributed by atoms with Crippen LogP contribution in [0.3, 0.4) is 0 Å². The van der Waals surface area contributed by atoms with Crippen LogP contribution in [-0.4, -0.2) is 31.6 Å². The van der Waals surface area contributed by atoms with E-state index in [1.165, 1.54) is 24.3 Å². The number of rotatable bonds is 8. The number of para-hydroxylation sites is 1. The first-order chi connectivity index (χ1) is 12.1. The predicted octanol–water partition coefficient (Wildman–Crippen LogP) is 3.23. The third-order valence-electron chi connectivity index (χ3n) is 3.48. The zero-order chi connectivity index (χ0) is 18.1. The van der Waals surface area contributed by atoms with E-state index in [9.17, 15) is 14.0 Å². The van der Waals surface area contributed by atoms with Crippen molar-refractivity contribution in [1.29, 1.82) is 0 Å². The summed E-state index contributed by atoms with van der Waals surface area (Å²) in [6, 6.07) is 11.9. The molecule has 0 bridgehead atoms. The molecule has 2 rings (SSSR count). The van der Waals surface area contributed by atoms with Gasteiger partial charge in [-0.1, -0.05) is 12.1 Å². The van der Waals surface area contributed by atoms with Crippen molar-refractivity contribution in [3.63, 3.8) is 0 Å². The number of benzene rings is 2. The number of ether oxygens (including phenoxy) is 1. The Hall–Kier alpha value is -2.73. The molecule has 132 valence electrons. The van der Waals surface area contributed by atoms with E-state index in [2.05, 4.69) is 10.6 Å². The molecular weight excluding hydrogens is 323 g/mol. The minimum atomic E-state index is -0.414. The van der Waals surface area contributed by atoms with Crippen LogP contribution in [-0.2, 0) is 4.74 Å². The van der Waals surface area contributed by atoms with Gasteiger partial charge in [-0.2, -0.15) is 0 Å². The smallest absolute Gasteiger partial charge is 0.255 e. The first-order valence-electron chi connectivity index (χ1n) is 8.13. The molecule has 0 atom stereocenters. The third-order valence-corrected chi connectivity index (χ3v) is 3.48. The van der Waals surface area contributed by atoms with Crippen molar-refractivity contribution in [2.24, 2.45) is 0 Å². The Bertz CT molecular complexity index is 717. The van der Waals surface area contributed by atoms with Crippen molar-refractivity contribution >= 4 is 17.5 Å². The minimum Gasteiger partial charge on any atom is -0.382 e. The lowest BCUT2D eigenvalue weighted by atomic mass is 10.1. The molecule has 0 aromatic heterocycles. The highest BCUT2D eigenvalue weighted by Crippen LogP contribution is 2.16. The molecule has 0 fully saturated rings. The molecule has 0 saturated carbocycles. The number of hydrogen-bond acceptors (Lipinski definition) is 3. The maximum Gasteiger partial charge on any atom is 0.255 e. The summed E-state index contributed by atoms with van der Waals surface area (Å²) in [6.45, 7) is 3.63. The quantitative estimate of drug-likeness (QED) is 0.723. The molecular formula is C19H21FN2O3. The summed E-state index contributed by atoms with van der Waals surface area (Å²) in [4.78, 5) is 24.6. The lowest BCUT2D eigenvalue weighted by Crippen LogP contribution is -2.26. The van der Waals surface area contributed by atoms with Crippen molar-refractivity contribution < 1.29 is 18.7 Å². The van der Waals surface area contributed by atoms with E-state index in [0.29, 0.717) is 43.0 Å². The molecule has 25 heavy (non-hydrogen) atoms. The van der Waals surface area contributed by atoms with Gasteiger partial charge in [0, 0.05) is 25.3 Å².